The zero-order chi connectivity index (χ0) is 21.2. The highest BCUT2D eigenvalue weighted by Crippen LogP contribution is 2.35. The molecule has 5 aromatic rings. The van der Waals surface area contributed by atoms with E-state index >= 15 is 0 Å². The number of pyridine rings is 2. The van der Waals surface area contributed by atoms with Gasteiger partial charge in [0.1, 0.15) is 0 Å². The fourth-order valence-corrected chi connectivity index (χ4v) is 3.85. The van der Waals surface area contributed by atoms with Gasteiger partial charge in [0.05, 0.1) is 28.2 Å². The number of aromatic nitrogens is 2. The van der Waals surface area contributed by atoms with Gasteiger partial charge in [-0.15, -0.1) is 0 Å². The van der Waals surface area contributed by atoms with Crippen LogP contribution in [0.2, 0.25) is 0 Å². The van der Waals surface area contributed by atoms with E-state index in [9.17, 15) is 10.1 Å². The number of nitrogens with one attached hydrogen (secondary N) is 1. The molecule has 0 fully saturated rings. The molecule has 0 aliphatic heterocycles. The van der Waals surface area contributed by atoms with Gasteiger partial charge in [-0.3, -0.25) is 4.79 Å². The van der Waals surface area contributed by atoms with Gasteiger partial charge in [0.2, 0.25) is 0 Å². The van der Waals surface area contributed by atoms with Crippen molar-refractivity contribution in [2.75, 3.05) is 0 Å². The maximum atomic E-state index is 12.8. The summed E-state index contributed by atoms with van der Waals surface area (Å²) < 4.78 is 0. The van der Waals surface area contributed by atoms with E-state index in [1.54, 1.807) is 12.3 Å². The van der Waals surface area contributed by atoms with Crippen molar-refractivity contribution in [1.29, 1.82) is 5.26 Å². The van der Waals surface area contributed by atoms with E-state index in [-0.39, 0.29) is 5.56 Å². The Morgan fingerprint density at radius 3 is 2.10 bits per heavy atom. The number of nitrogens with zero attached hydrogens (tertiary/aromatic N) is 2. The second-order valence-corrected chi connectivity index (χ2v) is 7.20. The molecule has 146 valence electrons. The van der Waals surface area contributed by atoms with Gasteiger partial charge in [0, 0.05) is 28.5 Å². The molecule has 31 heavy (non-hydrogen) atoms. The van der Waals surface area contributed by atoms with Gasteiger partial charge in [-0.25, -0.2) is 4.98 Å². The number of fused-ring (bicyclic) bond motifs is 1. The molecule has 0 amide bonds. The zero-order valence-electron chi connectivity index (χ0n) is 16.5. The average Bonchev–Trinajstić information content (AvgIpc) is 2.85. The first kappa shape index (κ1) is 18.5. The molecule has 2 heterocycles. The van der Waals surface area contributed by atoms with E-state index in [0.29, 0.717) is 16.5 Å². The highest BCUT2D eigenvalue weighted by Gasteiger charge is 2.17. The quantitative estimate of drug-likeness (QED) is 0.417. The molecule has 0 saturated carbocycles. The minimum Gasteiger partial charge on any atom is -0.328 e. The third kappa shape index (κ3) is 3.29. The predicted molar refractivity (Wildman–Crippen MR) is 123 cm³/mol. The van der Waals surface area contributed by atoms with Crippen molar-refractivity contribution < 1.29 is 0 Å². The third-order valence-corrected chi connectivity index (χ3v) is 5.34. The number of hydrogen-bond acceptors (Lipinski definition) is 3. The molecule has 2 aromatic heterocycles. The van der Waals surface area contributed by atoms with Crippen LogP contribution in [0.15, 0.2) is 102 Å². The monoisotopic (exact) mass is 399 g/mol. The van der Waals surface area contributed by atoms with Crippen molar-refractivity contribution in [1.82, 2.24) is 9.97 Å². The fraction of sp³-hybridized carbons (Fsp3) is 0. The largest absolute Gasteiger partial charge is 0.328 e. The van der Waals surface area contributed by atoms with Gasteiger partial charge >= 0.3 is 0 Å². The summed E-state index contributed by atoms with van der Waals surface area (Å²) in [5.41, 5.74) is 5.99. The van der Waals surface area contributed by atoms with Crippen molar-refractivity contribution in [2.24, 2.45) is 0 Å². The maximum Gasteiger partial charge on any atom is 0.257 e. The van der Waals surface area contributed by atoms with Gasteiger partial charge in [0.25, 0.3) is 5.56 Å². The van der Waals surface area contributed by atoms with E-state index in [0.717, 1.165) is 33.5 Å². The van der Waals surface area contributed by atoms with Crippen LogP contribution in [-0.2, 0) is 0 Å². The van der Waals surface area contributed by atoms with E-state index in [4.69, 9.17) is 4.98 Å². The summed E-state index contributed by atoms with van der Waals surface area (Å²) in [4.78, 5) is 20.6. The first-order valence-electron chi connectivity index (χ1n) is 9.93. The van der Waals surface area contributed by atoms with Crippen LogP contribution in [0, 0.1) is 11.3 Å². The minimum atomic E-state index is -0.211. The topological polar surface area (TPSA) is 69.5 Å². The first-order chi connectivity index (χ1) is 15.3. The summed E-state index contributed by atoms with van der Waals surface area (Å²) in [5, 5.41) is 10.1. The molecule has 0 radical (unpaired) electrons. The van der Waals surface area contributed by atoms with E-state index in [1.165, 1.54) is 0 Å². The lowest BCUT2D eigenvalue weighted by Crippen LogP contribution is -2.08. The molecule has 0 saturated heterocycles. The number of aromatic amines is 1. The number of rotatable bonds is 3. The first-order valence-corrected chi connectivity index (χ1v) is 9.93. The second kappa shape index (κ2) is 7.74. The molecule has 0 aliphatic rings. The van der Waals surface area contributed by atoms with E-state index in [2.05, 4.69) is 11.1 Å². The van der Waals surface area contributed by atoms with Crippen molar-refractivity contribution in [3.8, 4) is 39.6 Å². The standard InChI is InChI=1S/C27H17N3O/c28-16-20-13-7-8-14-21(20)24-17-29-27(31)23-15-22(18-9-3-1-4-10-18)25(30-26(23)24)19-11-5-2-6-12-19/h1-15,17H,(H,29,31). The molecule has 0 aliphatic carbocycles. The van der Waals surface area contributed by atoms with Crippen LogP contribution < -0.4 is 5.56 Å². The Hall–Kier alpha value is -4.49. The highest BCUT2D eigenvalue weighted by atomic mass is 16.1. The number of benzene rings is 3. The number of H-pyrrole nitrogens is 1. The summed E-state index contributed by atoms with van der Waals surface area (Å²) in [6.07, 6.45) is 1.64. The summed E-state index contributed by atoms with van der Waals surface area (Å²) >= 11 is 0. The lowest BCUT2D eigenvalue weighted by molar-refractivity contribution is 1.26. The van der Waals surface area contributed by atoms with E-state index < -0.39 is 0 Å². The Bertz CT molecular complexity index is 1500. The van der Waals surface area contributed by atoms with Gasteiger partial charge in [-0.05, 0) is 17.7 Å². The van der Waals surface area contributed by atoms with E-state index in [1.807, 2.05) is 84.9 Å². The molecule has 4 nitrogen and oxygen atoms in total. The van der Waals surface area contributed by atoms with Gasteiger partial charge < -0.3 is 4.98 Å². The molecule has 0 atom stereocenters. The van der Waals surface area contributed by atoms with Crippen LogP contribution in [0.25, 0.3) is 44.4 Å². The van der Waals surface area contributed by atoms with Gasteiger partial charge in [-0.1, -0.05) is 78.9 Å². The summed E-state index contributed by atoms with van der Waals surface area (Å²) in [6, 6.07) is 31.3. The van der Waals surface area contributed by atoms with Crippen LogP contribution in [-0.4, -0.2) is 9.97 Å². The van der Waals surface area contributed by atoms with Crippen LogP contribution in [0.5, 0.6) is 0 Å². The third-order valence-electron chi connectivity index (χ3n) is 5.34. The lowest BCUT2D eigenvalue weighted by atomic mass is 9.95. The second-order valence-electron chi connectivity index (χ2n) is 7.20. The Kier molecular flexibility index (Phi) is 4.62. The Morgan fingerprint density at radius 1 is 0.742 bits per heavy atom. The van der Waals surface area contributed by atoms with Crippen LogP contribution in [0.4, 0.5) is 0 Å². The molecule has 0 bridgehead atoms. The normalized spacial score (nSPS) is 10.7. The zero-order valence-corrected chi connectivity index (χ0v) is 16.5. The molecule has 4 heteroatoms. The summed E-state index contributed by atoms with van der Waals surface area (Å²) in [6.45, 7) is 0. The molecule has 1 N–H and O–H groups in total. The van der Waals surface area contributed by atoms with Crippen molar-refractivity contribution in [3.63, 3.8) is 0 Å². The average molecular weight is 399 g/mol. The van der Waals surface area contributed by atoms with Crippen molar-refractivity contribution in [2.45, 2.75) is 0 Å². The Balaban J connectivity index is 1.90. The predicted octanol–water partition coefficient (Wildman–Crippen LogP) is 5.80. The molecule has 0 unspecified atom stereocenters. The van der Waals surface area contributed by atoms with Gasteiger partial charge in [-0.2, -0.15) is 5.26 Å². The fourth-order valence-electron chi connectivity index (χ4n) is 3.85. The van der Waals surface area contributed by atoms with Crippen molar-refractivity contribution in [3.05, 3.63) is 113 Å². The number of nitriles is 1. The molecule has 0 spiro atoms. The van der Waals surface area contributed by atoms with Gasteiger partial charge in [0.15, 0.2) is 0 Å². The maximum absolute atomic E-state index is 12.8. The Labute approximate surface area is 179 Å². The SMILES string of the molecule is N#Cc1ccccc1-c1c[nH]c(=O)c2cc(-c3ccccc3)c(-c3ccccc3)nc12. The molecular weight excluding hydrogens is 382 g/mol. The summed E-state index contributed by atoms with van der Waals surface area (Å²) in [5.74, 6) is 0. The minimum absolute atomic E-state index is 0.211. The van der Waals surface area contributed by atoms with Crippen LogP contribution in [0.3, 0.4) is 0 Å². The smallest absolute Gasteiger partial charge is 0.257 e. The number of hydrogen-bond donors (Lipinski definition) is 1. The highest BCUT2D eigenvalue weighted by molar-refractivity contribution is 5.99. The Morgan fingerprint density at radius 2 is 1.39 bits per heavy atom. The molecular formula is C27H17N3O. The molecule has 3 aromatic carbocycles. The lowest BCUT2D eigenvalue weighted by Gasteiger charge is -2.14. The summed E-state index contributed by atoms with van der Waals surface area (Å²) in [7, 11) is 0. The molecule has 5 rings (SSSR count). The van der Waals surface area contributed by atoms with Crippen LogP contribution >= 0.6 is 0 Å². The van der Waals surface area contributed by atoms with Crippen molar-refractivity contribution >= 4 is 10.9 Å². The van der Waals surface area contributed by atoms with Crippen LogP contribution in [0.1, 0.15) is 5.56 Å².